The second-order valence-electron chi connectivity index (χ2n) is 6.20. The van der Waals surface area contributed by atoms with Gasteiger partial charge in [0.1, 0.15) is 0 Å². The Labute approximate surface area is 145 Å². The third kappa shape index (κ3) is 4.68. The van der Waals surface area contributed by atoms with Crippen LogP contribution in [0, 0.1) is 5.82 Å². The van der Waals surface area contributed by atoms with Crippen LogP contribution in [0.25, 0.3) is 0 Å². The summed E-state index contributed by atoms with van der Waals surface area (Å²) in [6.07, 6.45) is 5.99. The van der Waals surface area contributed by atoms with Gasteiger partial charge in [0.15, 0.2) is 11.6 Å². The van der Waals surface area contributed by atoms with Crippen LogP contribution < -0.4 is 15.6 Å². The first-order valence-corrected chi connectivity index (χ1v) is 8.53. The van der Waals surface area contributed by atoms with Gasteiger partial charge in [-0.15, -0.1) is 0 Å². The summed E-state index contributed by atoms with van der Waals surface area (Å²) in [6, 6.07) is 9.26. The standard InChI is InChI=1S/C19H21FN2O3/c20-16-13-14(8-9-17(16)25-15-5-1-2-6-15)21-18(23)10-12-22-11-4-3-7-19(22)24/h3-4,7-9,11,13,15H,1-2,5-6,10,12H2,(H,21,23). The molecule has 3 rings (SSSR count). The molecule has 132 valence electrons. The quantitative estimate of drug-likeness (QED) is 0.874. The maximum Gasteiger partial charge on any atom is 0.250 e. The van der Waals surface area contributed by atoms with Crippen molar-refractivity contribution >= 4 is 11.6 Å². The number of aryl methyl sites for hydroxylation is 1. The number of amides is 1. The minimum Gasteiger partial charge on any atom is -0.487 e. The summed E-state index contributed by atoms with van der Waals surface area (Å²) in [5.41, 5.74) is 0.219. The number of hydrogen-bond donors (Lipinski definition) is 1. The molecule has 1 aliphatic rings. The highest BCUT2D eigenvalue weighted by molar-refractivity contribution is 5.90. The summed E-state index contributed by atoms with van der Waals surface area (Å²) in [5.74, 6) is -0.538. The molecule has 2 aromatic rings. The van der Waals surface area contributed by atoms with Gasteiger partial charge in [0.05, 0.1) is 6.10 Å². The predicted octanol–water partition coefficient (Wildman–Crippen LogP) is 3.34. The lowest BCUT2D eigenvalue weighted by Crippen LogP contribution is -2.21. The predicted molar refractivity (Wildman–Crippen MR) is 93.2 cm³/mol. The van der Waals surface area contributed by atoms with E-state index in [-0.39, 0.29) is 36.3 Å². The van der Waals surface area contributed by atoms with Gasteiger partial charge in [-0.3, -0.25) is 9.59 Å². The van der Waals surface area contributed by atoms with Gasteiger partial charge in [-0.05, 0) is 43.9 Å². The Morgan fingerprint density at radius 1 is 1.24 bits per heavy atom. The Morgan fingerprint density at radius 3 is 2.76 bits per heavy atom. The molecule has 1 N–H and O–H groups in total. The molecule has 1 saturated carbocycles. The number of benzene rings is 1. The lowest BCUT2D eigenvalue weighted by Gasteiger charge is -2.14. The van der Waals surface area contributed by atoms with E-state index < -0.39 is 5.82 Å². The molecule has 0 saturated heterocycles. The first-order chi connectivity index (χ1) is 12.1. The smallest absolute Gasteiger partial charge is 0.250 e. The highest BCUT2D eigenvalue weighted by Crippen LogP contribution is 2.27. The number of ether oxygens (including phenoxy) is 1. The second-order valence-corrected chi connectivity index (χ2v) is 6.20. The molecule has 5 nitrogen and oxygen atoms in total. The molecule has 6 heteroatoms. The van der Waals surface area contributed by atoms with Crippen LogP contribution in [0.3, 0.4) is 0 Å². The molecule has 0 atom stereocenters. The Hall–Kier alpha value is -2.63. The minimum atomic E-state index is -0.482. The average Bonchev–Trinajstić information content (AvgIpc) is 3.10. The Morgan fingerprint density at radius 2 is 2.04 bits per heavy atom. The van der Waals surface area contributed by atoms with Gasteiger partial charge in [0.2, 0.25) is 5.91 Å². The molecule has 1 aromatic carbocycles. The average molecular weight is 344 g/mol. The number of halogens is 1. The van der Waals surface area contributed by atoms with Crippen molar-refractivity contribution in [3.05, 3.63) is 58.8 Å². The van der Waals surface area contributed by atoms with Crippen molar-refractivity contribution < 1.29 is 13.9 Å². The lowest BCUT2D eigenvalue weighted by molar-refractivity contribution is -0.116. The first kappa shape index (κ1) is 17.2. The van der Waals surface area contributed by atoms with E-state index in [1.807, 2.05) is 0 Å². The van der Waals surface area contributed by atoms with E-state index in [0.29, 0.717) is 5.69 Å². The van der Waals surface area contributed by atoms with Crippen molar-refractivity contribution in [3.63, 3.8) is 0 Å². The van der Waals surface area contributed by atoms with Crippen LogP contribution in [-0.2, 0) is 11.3 Å². The van der Waals surface area contributed by atoms with Gasteiger partial charge in [0, 0.05) is 37.0 Å². The van der Waals surface area contributed by atoms with E-state index >= 15 is 0 Å². The zero-order chi connectivity index (χ0) is 17.6. The molecule has 0 bridgehead atoms. The summed E-state index contributed by atoms with van der Waals surface area (Å²) in [5, 5.41) is 2.64. The molecule has 1 aromatic heterocycles. The van der Waals surface area contributed by atoms with Crippen LogP contribution in [0.15, 0.2) is 47.4 Å². The highest BCUT2D eigenvalue weighted by Gasteiger charge is 2.18. The topological polar surface area (TPSA) is 60.3 Å². The fourth-order valence-electron chi connectivity index (χ4n) is 2.95. The molecule has 1 fully saturated rings. The SMILES string of the molecule is O=C(CCn1ccccc1=O)Nc1ccc(OC2CCCC2)c(F)c1. The molecule has 0 radical (unpaired) electrons. The van der Waals surface area contributed by atoms with E-state index in [2.05, 4.69) is 5.32 Å². The second kappa shape index (κ2) is 7.96. The van der Waals surface area contributed by atoms with E-state index in [1.54, 1.807) is 30.5 Å². The van der Waals surface area contributed by atoms with Gasteiger partial charge < -0.3 is 14.6 Å². The van der Waals surface area contributed by atoms with Crippen LogP contribution >= 0.6 is 0 Å². The number of rotatable bonds is 6. The number of pyridine rings is 1. The monoisotopic (exact) mass is 344 g/mol. The van der Waals surface area contributed by atoms with Crippen molar-refractivity contribution in [1.82, 2.24) is 4.57 Å². The number of hydrogen-bond acceptors (Lipinski definition) is 3. The summed E-state index contributed by atoms with van der Waals surface area (Å²) in [4.78, 5) is 23.6. The molecule has 25 heavy (non-hydrogen) atoms. The fourth-order valence-corrected chi connectivity index (χ4v) is 2.95. The van der Waals surface area contributed by atoms with Gasteiger partial charge in [-0.2, -0.15) is 0 Å². The molecule has 1 heterocycles. The van der Waals surface area contributed by atoms with Crippen molar-refractivity contribution in [1.29, 1.82) is 0 Å². The Kier molecular flexibility index (Phi) is 5.48. The maximum atomic E-state index is 14.1. The van der Waals surface area contributed by atoms with Crippen molar-refractivity contribution in [2.45, 2.75) is 44.8 Å². The largest absolute Gasteiger partial charge is 0.487 e. The van der Waals surface area contributed by atoms with Crippen LogP contribution in [0.5, 0.6) is 5.75 Å². The summed E-state index contributed by atoms with van der Waals surface area (Å²) >= 11 is 0. The molecular formula is C19H21FN2O3. The molecular weight excluding hydrogens is 323 g/mol. The van der Waals surface area contributed by atoms with Crippen LogP contribution in [0.2, 0.25) is 0 Å². The summed E-state index contributed by atoms with van der Waals surface area (Å²) < 4.78 is 21.3. The number of nitrogens with one attached hydrogen (secondary N) is 1. The number of aromatic nitrogens is 1. The summed E-state index contributed by atoms with van der Waals surface area (Å²) in [7, 11) is 0. The van der Waals surface area contributed by atoms with Gasteiger partial charge >= 0.3 is 0 Å². The molecule has 0 spiro atoms. The van der Waals surface area contributed by atoms with E-state index in [1.165, 1.54) is 16.7 Å². The number of carbonyl (C=O) groups is 1. The van der Waals surface area contributed by atoms with Crippen molar-refractivity contribution in [2.75, 3.05) is 5.32 Å². The normalized spacial score (nSPS) is 14.4. The minimum absolute atomic E-state index is 0.0825. The number of carbonyl (C=O) groups excluding carboxylic acids is 1. The van der Waals surface area contributed by atoms with Crippen LogP contribution in [0.4, 0.5) is 10.1 Å². The number of anilines is 1. The number of nitrogens with zero attached hydrogens (tertiary/aromatic N) is 1. The van der Waals surface area contributed by atoms with E-state index in [9.17, 15) is 14.0 Å². The van der Waals surface area contributed by atoms with Crippen LogP contribution in [-0.4, -0.2) is 16.6 Å². The Balaban J connectivity index is 1.55. The summed E-state index contributed by atoms with van der Waals surface area (Å²) in [6.45, 7) is 0.275. The molecule has 0 aliphatic heterocycles. The van der Waals surface area contributed by atoms with Crippen molar-refractivity contribution in [2.24, 2.45) is 0 Å². The zero-order valence-corrected chi connectivity index (χ0v) is 13.9. The molecule has 1 amide bonds. The van der Waals surface area contributed by atoms with E-state index in [4.69, 9.17) is 4.74 Å². The highest BCUT2D eigenvalue weighted by atomic mass is 19.1. The zero-order valence-electron chi connectivity index (χ0n) is 13.9. The van der Waals surface area contributed by atoms with Crippen molar-refractivity contribution in [3.8, 4) is 5.75 Å². The van der Waals surface area contributed by atoms with Crippen LogP contribution in [0.1, 0.15) is 32.1 Å². The lowest BCUT2D eigenvalue weighted by atomic mass is 10.2. The first-order valence-electron chi connectivity index (χ1n) is 8.53. The molecule has 1 aliphatic carbocycles. The fraction of sp³-hybridized carbons (Fsp3) is 0.368. The van der Waals surface area contributed by atoms with Gasteiger partial charge in [-0.25, -0.2) is 4.39 Å². The third-order valence-electron chi connectivity index (χ3n) is 4.29. The third-order valence-corrected chi connectivity index (χ3v) is 4.29. The van der Waals surface area contributed by atoms with E-state index in [0.717, 1.165) is 25.7 Å². The van der Waals surface area contributed by atoms with Gasteiger partial charge in [-0.1, -0.05) is 6.07 Å². The van der Waals surface area contributed by atoms with Gasteiger partial charge in [0.25, 0.3) is 5.56 Å². The maximum absolute atomic E-state index is 14.1. The molecule has 0 unspecified atom stereocenters. The Bertz CT molecular complexity index is 797.